The van der Waals surface area contributed by atoms with Crippen molar-refractivity contribution in [3.63, 3.8) is 0 Å². The van der Waals surface area contributed by atoms with Gasteiger partial charge in [-0.1, -0.05) is 30.3 Å². The molecule has 1 saturated carbocycles. The summed E-state index contributed by atoms with van der Waals surface area (Å²) in [5.74, 6) is 0.403. The molecule has 0 aliphatic heterocycles. The minimum atomic E-state index is -0.190. The van der Waals surface area contributed by atoms with Gasteiger partial charge in [0.15, 0.2) is 5.13 Å². The van der Waals surface area contributed by atoms with Gasteiger partial charge in [0, 0.05) is 16.9 Å². The summed E-state index contributed by atoms with van der Waals surface area (Å²) in [5, 5.41) is 12.4. The zero-order chi connectivity index (χ0) is 14.9. The van der Waals surface area contributed by atoms with Crippen molar-refractivity contribution in [1.29, 1.82) is 0 Å². The van der Waals surface area contributed by atoms with Crippen molar-refractivity contribution in [2.75, 3.05) is 5.32 Å². The number of hydrogen-bond acceptors (Lipinski definition) is 4. The van der Waals surface area contributed by atoms with Gasteiger partial charge < -0.3 is 0 Å². The summed E-state index contributed by atoms with van der Waals surface area (Å²) in [5.41, 5.74) is 3.27. The molecule has 1 aliphatic rings. The molecule has 1 amide bonds. The van der Waals surface area contributed by atoms with Crippen molar-refractivity contribution in [3.8, 4) is 11.3 Å². The fourth-order valence-corrected chi connectivity index (χ4v) is 3.15. The number of nitrogens with zero attached hydrogens (tertiary/aromatic N) is 2. The molecule has 0 bridgehead atoms. The van der Waals surface area contributed by atoms with E-state index in [0.29, 0.717) is 16.6 Å². The second-order valence-corrected chi connectivity index (χ2v) is 6.19. The first-order chi connectivity index (χ1) is 10.8. The molecule has 110 valence electrons. The van der Waals surface area contributed by atoms with Gasteiger partial charge in [0.25, 0.3) is 5.91 Å². The largest absolute Gasteiger partial charge is 0.298 e. The second-order valence-electron chi connectivity index (χ2n) is 5.33. The van der Waals surface area contributed by atoms with Crippen molar-refractivity contribution < 1.29 is 4.79 Å². The Morgan fingerprint density at radius 3 is 2.86 bits per heavy atom. The predicted octanol–water partition coefficient (Wildman–Crippen LogP) is 3.66. The lowest BCUT2D eigenvalue weighted by molar-refractivity contribution is 0.102. The van der Waals surface area contributed by atoms with Gasteiger partial charge in [0.05, 0.1) is 23.1 Å². The first-order valence-electron chi connectivity index (χ1n) is 7.17. The minimum absolute atomic E-state index is 0.190. The highest BCUT2D eigenvalue weighted by atomic mass is 32.1. The zero-order valence-corrected chi connectivity index (χ0v) is 12.6. The molecule has 1 aliphatic carbocycles. The van der Waals surface area contributed by atoms with Crippen molar-refractivity contribution in [1.82, 2.24) is 15.2 Å². The van der Waals surface area contributed by atoms with E-state index in [1.807, 2.05) is 35.7 Å². The SMILES string of the molecule is O=C(Nc1nc(C2CC2)cs1)c1cn[nH]c1-c1ccccc1. The number of benzene rings is 1. The van der Waals surface area contributed by atoms with E-state index >= 15 is 0 Å². The number of carbonyl (C=O) groups excluding carboxylic acids is 1. The van der Waals surface area contributed by atoms with Gasteiger partial charge in [0.1, 0.15) is 0 Å². The fraction of sp³-hybridized carbons (Fsp3) is 0.188. The number of thiazole rings is 1. The molecule has 0 radical (unpaired) electrons. The minimum Gasteiger partial charge on any atom is -0.298 e. The third kappa shape index (κ3) is 2.53. The normalized spacial score (nSPS) is 14.0. The van der Waals surface area contributed by atoms with Crippen molar-refractivity contribution in [2.24, 2.45) is 0 Å². The molecule has 0 unspecified atom stereocenters. The Kier molecular flexibility index (Phi) is 3.23. The average molecular weight is 310 g/mol. The monoisotopic (exact) mass is 310 g/mol. The summed E-state index contributed by atoms with van der Waals surface area (Å²) in [7, 11) is 0. The van der Waals surface area contributed by atoms with E-state index in [9.17, 15) is 4.79 Å². The number of H-pyrrole nitrogens is 1. The Bertz CT molecular complexity index is 804. The molecule has 3 aromatic rings. The summed E-state index contributed by atoms with van der Waals surface area (Å²) in [6.07, 6.45) is 3.96. The number of hydrogen-bond donors (Lipinski definition) is 2. The van der Waals surface area contributed by atoms with E-state index in [1.165, 1.54) is 24.2 Å². The number of nitrogens with one attached hydrogen (secondary N) is 2. The fourth-order valence-electron chi connectivity index (χ4n) is 2.36. The Morgan fingerprint density at radius 2 is 2.09 bits per heavy atom. The van der Waals surface area contributed by atoms with Crippen LogP contribution < -0.4 is 5.32 Å². The number of amides is 1. The molecule has 2 aromatic heterocycles. The van der Waals surface area contributed by atoms with Crippen LogP contribution in [-0.4, -0.2) is 21.1 Å². The van der Waals surface area contributed by atoms with Gasteiger partial charge in [-0.05, 0) is 12.8 Å². The third-order valence-electron chi connectivity index (χ3n) is 3.68. The van der Waals surface area contributed by atoms with Gasteiger partial charge in [-0.3, -0.25) is 15.2 Å². The summed E-state index contributed by atoms with van der Waals surface area (Å²) in [6, 6.07) is 9.69. The highest BCUT2D eigenvalue weighted by Crippen LogP contribution is 2.40. The maximum absolute atomic E-state index is 12.5. The molecule has 5 nitrogen and oxygen atoms in total. The maximum Gasteiger partial charge on any atom is 0.261 e. The number of anilines is 1. The molecule has 0 spiro atoms. The molecule has 2 N–H and O–H groups in total. The molecular weight excluding hydrogens is 296 g/mol. The summed E-state index contributed by atoms with van der Waals surface area (Å²) < 4.78 is 0. The standard InChI is InChI=1S/C16H14N4OS/c21-15(19-16-18-13(9-22-16)10-6-7-10)12-8-17-20-14(12)11-4-2-1-3-5-11/h1-5,8-10H,6-7H2,(H,17,20)(H,18,19,21). The smallest absolute Gasteiger partial charge is 0.261 e. The number of carbonyl (C=O) groups is 1. The van der Waals surface area contributed by atoms with Crippen LogP contribution in [0.15, 0.2) is 41.9 Å². The Labute approximate surface area is 131 Å². The topological polar surface area (TPSA) is 70.7 Å². The van der Waals surface area contributed by atoms with Crippen LogP contribution in [0.25, 0.3) is 11.3 Å². The van der Waals surface area contributed by atoms with E-state index in [4.69, 9.17) is 0 Å². The number of aromatic nitrogens is 3. The Morgan fingerprint density at radius 1 is 1.27 bits per heavy atom. The molecule has 0 atom stereocenters. The Hall–Kier alpha value is -2.47. The van der Waals surface area contributed by atoms with E-state index in [-0.39, 0.29) is 5.91 Å². The zero-order valence-electron chi connectivity index (χ0n) is 11.7. The summed E-state index contributed by atoms with van der Waals surface area (Å²) in [6.45, 7) is 0. The van der Waals surface area contributed by atoms with Crippen LogP contribution in [0.5, 0.6) is 0 Å². The van der Waals surface area contributed by atoms with Crippen molar-refractivity contribution in [2.45, 2.75) is 18.8 Å². The lowest BCUT2D eigenvalue weighted by atomic mass is 10.1. The van der Waals surface area contributed by atoms with Crippen LogP contribution in [0.2, 0.25) is 0 Å². The van der Waals surface area contributed by atoms with Crippen molar-refractivity contribution in [3.05, 3.63) is 53.2 Å². The first-order valence-corrected chi connectivity index (χ1v) is 8.05. The van der Waals surface area contributed by atoms with Gasteiger partial charge in [-0.2, -0.15) is 5.10 Å². The first kappa shape index (κ1) is 13.2. The Balaban J connectivity index is 1.56. The molecule has 2 heterocycles. The van der Waals surface area contributed by atoms with Crippen LogP contribution in [0.3, 0.4) is 0 Å². The average Bonchev–Trinajstić information content (AvgIpc) is 3.10. The highest BCUT2D eigenvalue weighted by molar-refractivity contribution is 7.14. The lowest BCUT2D eigenvalue weighted by Crippen LogP contribution is -2.12. The van der Waals surface area contributed by atoms with Crippen LogP contribution in [0.4, 0.5) is 5.13 Å². The van der Waals surface area contributed by atoms with Gasteiger partial charge in [-0.25, -0.2) is 4.98 Å². The number of aromatic amines is 1. The van der Waals surface area contributed by atoms with Crippen LogP contribution in [0.1, 0.15) is 34.8 Å². The van der Waals surface area contributed by atoms with E-state index in [1.54, 1.807) is 6.20 Å². The van der Waals surface area contributed by atoms with E-state index in [0.717, 1.165) is 17.0 Å². The van der Waals surface area contributed by atoms with Crippen LogP contribution >= 0.6 is 11.3 Å². The quantitative estimate of drug-likeness (QED) is 0.772. The molecule has 1 fully saturated rings. The second kappa shape index (κ2) is 5.38. The molecule has 0 saturated heterocycles. The van der Waals surface area contributed by atoms with E-state index in [2.05, 4.69) is 20.5 Å². The third-order valence-corrected chi connectivity index (χ3v) is 4.46. The van der Waals surface area contributed by atoms with Gasteiger partial charge in [0.2, 0.25) is 0 Å². The molecular formula is C16H14N4OS. The highest BCUT2D eigenvalue weighted by Gasteiger charge is 2.26. The molecule has 4 rings (SSSR count). The van der Waals surface area contributed by atoms with Crippen molar-refractivity contribution >= 4 is 22.4 Å². The van der Waals surface area contributed by atoms with Crippen LogP contribution in [-0.2, 0) is 0 Å². The maximum atomic E-state index is 12.5. The molecule has 6 heteroatoms. The number of rotatable bonds is 4. The molecule has 22 heavy (non-hydrogen) atoms. The van der Waals surface area contributed by atoms with Gasteiger partial charge >= 0.3 is 0 Å². The summed E-state index contributed by atoms with van der Waals surface area (Å²) >= 11 is 1.47. The van der Waals surface area contributed by atoms with Gasteiger partial charge in [-0.15, -0.1) is 11.3 Å². The molecule has 1 aromatic carbocycles. The predicted molar refractivity (Wildman–Crippen MR) is 86.1 cm³/mol. The van der Waals surface area contributed by atoms with Crippen LogP contribution in [0, 0.1) is 0 Å². The lowest BCUT2D eigenvalue weighted by Gasteiger charge is -2.03. The van der Waals surface area contributed by atoms with E-state index < -0.39 is 0 Å². The summed E-state index contributed by atoms with van der Waals surface area (Å²) in [4.78, 5) is 16.9.